The number of carbonyl (C=O) groups is 1. The highest BCUT2D eigenvalue weighted by Gasteiger charge is 2.19. The first kappa shape index (κ1) is 13.4. The average molecular weight is 291 g/mol. The van der Waals surface area contributed by atoms with E-state index >= 15 is 0 Å². The van der Waals surface area contributed by atoms with Crippen molar-refractivity contribution in [1.29, 1.82) is 0 Å². The Morgan fingerprint density at radius 2 is 2.05 bits per heavy atom. The van der Waals surface area contributed by atoms with Crippen molar-refractivity contribution in [3.8, 4) is 0 Å². The highest BCUT2D eigenvalue weighted by molar-refractivity contribution is 7.16. The number of para-hydroxylation sites is 1. The number of aryl methyl sites for hydroxylation is 1. The van der Waals surface area contributed by atoms with E-state index in [1.165, 1.54) is 11.3 Å². The van der Waals surface area contributed by atoms with Gasteiger partial charge in [-0.15, -0.1) is 0 Å². The fourth-order valence-corrected chi connectivity index (χ4v) is 3.60. The number of aromatic nitrogens is 1. The number of rotatable bonds is 4. The van der Waals surface area contributed by atoms with Gasteiger partial charge in [0.2, 0.25) is 0 Å². The Morgan fingerprint density at radius 1 is 1.30 bits per heavy atom. The molecule has 0 radical (unpaired) electrons. The quantitative estimate of drug-likeness (QED) is 0.814. The molecular weight excluding hydrogens is 274 g/mol. The summed E-state index contributed by atoms with van der Waals surface area (Å²) in [5.41, 5.74) is 0.899. The molecule has 0 aliphatic heterocycles. The summed E-state index contributed by atoms with van der Waals surface area (Å²) < 4.78 is 8.03. The van der Waals surface area contributed by atoms with Crippen LogP contribution in [0.2, 0.25) is 0 Å². The van der Waals surface area contributed by atoms with Gasteiger partial charge in [-0.2, -0.15) is 0 Å². The molecule has 20 heavy (non-hydrogen) atoms. The van der Waals surface area contributed by atoms with Crippen LogP contribution in [0.1, 0.15) is 32.1 Å². The van der Waals surface area contributed by atoms with Crippen LogP contribution in [0.25, 0.3) is 10.2 Å². The topological polar surface area (TPSA) is 48.3 Å². The van der Waals surface area contributed by atoms with E-state index in [0.29, 0.717) is 6.54 Å². The second-order valence-electron chi connectivity index (χ2n) is 5.13. The average Bonchev–Trinajstić information content (AvgIpc) is 3.03. The van der Waals surface area contributed by atoms with Gasteiger partial charge in [0.1, 0.15) is 6.10 Å². The Balaban J connectivity index is 1.66. The van der Waals surface area contributed by atoms with Crippen LogP contribution >= 0.6 is 11.3 Å². The first-order chi connectivity index (χ1) is 9.74. The summed E-state index contributed by atoms with van der Waals surface area (Å²) >= 11 is 1.22. The minimum absolute atomic E-state index is 0.0140. The van der Waals surface area contributed by atoms with Crippen molar-refractivity contribution in [2.24, 2.45) is 0 Å². The zero-order chi connectivity index (χ0) is 13.9. The van der Waals surface area contributed by atoms with Crippen LogP contribution in [-0.4, -0.2) is 16.6 Å². The van der Waals surface area contributed by atoms with Crippen molar-refractivity contribution in [1.82, 2.24) is 4.57 Å². The van der Waals surface area contributed by atoms with Gasteiger partial charge < -0.3 is 4.74 Å². The molecule has 1 saturated carbocycles. The lowest BCUT2D eigenvalue weighted by molar-refractivity contribution is -0.148. The van der Waals surface area contributed by atoms with Crippen molar-refractivity contribution in [2.45, 2.75) is 44.8 Å². The fraction of sp³-hybridized carbons (Fsp3) is 0.467. The van der Waals surface area contributed by atoms with Crippen LogP contribution in [0, 0.1) is 0 Å². The maximum absolute atomic E-state index is 11.9. The van der Waals surface area contributed by atoms with E-state index in [4.69, 9.17) is 4.74 Å². The van der Waals surface area contributed by atoms with Crippen LogP contribution in [0.15, 0.2) is 29.1 Å². The normalized spacial score (nSPS) is 15.8. The van der Waals surface area contributed by atoms with E-state index in [1.54, 1.807) is 4.57 Å². The SMILES string of the molecule is O=C(CCn1c(=O)sc2ccccc21)OC1CCCC1. The van der Waals surface area contributed by atoms with Crippen molar-refractivity contribution in [3.05, 3.63) is 33.9 Å². The lowest BCUT2D eigenvalue weighted by Gasteiger charge is -2.11. The lowest BCUT2D eigenvalue weighted by Crippen LogP contribution is -2.19. The smallest absolute Gasteiger partial charge is 0.308 e. The molecule has 2 aromatic rings. The third-order valence-corrected chi connectivity index (χ3v) is 4.67. The van der Waals surface area contributed by atoms with Gasteiger partial charge in [-0.1, -0.05) is 23.5 Å². The number of carbonyl (C=O) groups excluding carboxylic acids is 1. The van der Waals surface area contributed by atoms with Gasteiger partial charge in [0.15, 0.2) is 0 Å². The number of ether oxygens (including phenoxy) is 1. The molecule has 0 saturated heterocycles. The largest absolute Gasteiger partial charge is 0.462 e. The Bertz CT molecular complexity index is 667. The van der Waals surface area contributed by atoms with Crippen LogP contribution in [-0.2, 0) is 16.1 Å². The number of nitrogens with zero attached hydrogens (tertiary/aromatic N) is 1. The zero-order valence-corrected chi connectivity index (χ0v) is 12.0. The van der Waals surface area contributed by atoms with Gasteiger partial charge in [0.05, 0.1) is 16.6 Å². The summed E-state index contributed by atoms with van der Waals surface area (Å²) in [5.74, 6) is -0.195. The van der Waals surface area contributed by atoms with Crippen LogP contribution in [0.4, 0.5) is 0 Å². The van der Waals surface area contributed by atoms with Crippen molar-refractivity contribution in [3.63, 3.8) is 0 Å². The monoisotopic (exact) mass is 291 g/mol. The molecule has 1 aromatic carbocycles. The summed E-state index contributed by atoms with van der Waals surface area (Å²) in [5, 5.41) is 0. The van der Waals surface area contributed by atoms with Crippen LogP contribution in [0.5, 0.6) is 0 Å². The van der Waals surface area contributed by atoms with Gasteiger partial charge >= 0.3 is 10.8 Å². The van der Waals surface area contributed by atoms with Crippen LogP contribution in [0.3, 0.4) is 0 Å². The molecule has 0 atom stereocenters. The number of fused-ring (bicyclic) bond motifs is 1. The maximum atomic E-state index is 11.9. The van der Waals surface area contributed by atoms with E-state index in [2.05, 4.69) is 0 Å². The number of hydrogen-bond donors (Lipinski definition) is 0. The summed E-state index contributed by atoms with van der Waals surface area (Å²) in [6.45, 7) is 0.397. The van der Waals surface area contributed by atoms with Gasteiger partial charge in [-0.05, 0) is 37.8 Å². The van der Waals surface area contributed by atoms with E-state index in [9.17, 15) is 9.59 Å². The van der Waals surface area contributed by atoms with Crippen molar-refractivity contribution in [2.75, 3.05) is 0 Å². The third kappa shape index (κ3) is 2.77. The van der Waals surface area contributed by atoms with E-state index in [-0.39, 0.29) is 23.4 Å². The summed E-state index contributed by atoms with van der Waals surface area (Å²) in [6, 6.07) is 7.66. The molecule has 0 spiro atoms. The molecular formula is C15H17NO3S. The Kier molecular flexibility index (Phi) is 3.87. The molecule has 1 fully saturated rings. The molecule has 5 heteroatoms. The molecule has 0 unspecified atom stereocenters. The molecule has 3 rings (SSSR count). The predicted octanol–water partition coefficient (Wildman–Crippen LogP) is 2.94. The summed E-state index contributed by atoms with van der Waals surface area (Å²) in [4.78, 5) is 23.7. The molecule has 4 nitrogen and oxygen atoms in total. The van der Waals surface area contributed by atoms with Crippen molar-refractivity contribution >= 4 is 27.5 Å². The Hall–Kier alpha value is -1.62. The van der Waals surface area contributed by atoms with E-state index < -0.39 is 0 Å². The summed E-state index contributed by atoms with van der Waals surface area (Å²) in [7, 11) is 0. The minimum Gasteiger partial charge on any atom is -0.462 e. The van der Waals surface area contributed by atoms with Gasteiger partial charge in [0, 0.05) is 6.54 Å². The van der Waals surface area contributed by atoms with Gasteiger partial charge in [0.25, 0.3) is 0 Å². The molecule has 106 valence electrons. The lowest BCUT2D eigenvalue weighted by atomic mass is 10.3. The molecule has 1 aliphatic rings. The molecule has 1 aromatic heterocycles. The van der Waals surface area contributed by atoms with Gasteiger partial charge in [-0.25, -0.2) is 0 Å². The summed E-state index contributed by atoms with van der Waals surface area (Å²) in [6.07, 6.45) is 4.61. The third-order valence-electron chi connectivity index (χ3n) is 3.71. The predicted molar refractivity (Wildman–Crippen MR) is 79.1 cm³/mol. The fourth-order valence-electron chi connectivity index (χ4n) is 2.68. The first-order valence-electron chi connectivity index (χ1n) is 7.02. The van der Waals surface area contributed by atoms with Gasteiger partial charge in [-0.3, -0.25) is 14.2 Å². The van der Waals surface area contributed by atoms with E-state index in [1.807, 2.05) is 24.3 Å². The Morgan fingerprint density at radius 3 is 2.85 bits per heavy atom. The number of esters is 1. The Labute approximate surface area is 121 Å². The molecule has 0 N–H and O–H groups in total. The van der Waals surface area contributed by atoms with Crippen LogP contribution < -0.4 is 4.87 Å². The zero-order valence-electron chi connectivity index (χ0n) is 11.2. The maximum Gasteiger partial charge on any atom is 0.308 e. The van der Waals surface area contributed by atoms with E-state index in [0.717, 1.165) is 35.9 Å². The standard InChI is InChI=1S/C15H17NO3S/c17-14(19-11-5-1-2-6-11)9-10-16-12-7-3-4-8-13(12)20-15(16)18/h3-4,7-8,11H,1-2,5-6,9-10H2. The van der Waals surface area contributed by atoms with Crippen molar-refractivity contribution < 1.29 is 9.53 Å². The highest BCUT2D eigenvalue weighted by Crippen LogP contribution is 2.21. The highest BCUT2D eigenvalue weighted by atomic mass is 32.1. The first-order valence-corrected chi connectivity index (χ1v) is 7.83. The minimum atomic E-state index is -0.195. The molecule has 1 aliphatic carbocycles. The molecule has 0 bridgehead atoms. The number of thiazole rings is 1. The second-order valence-corrected chi connectivity index (χ2v) is 6.13. The number of benzene rings is 1. The molecule has 1 heterocycles. The second kappa shape index (κ2) is 5.79. The number of hydrogen-bond acceptors (Lipinski definition) is 4. The molecule has 0 amide bonds.